The number of phenolic OH excluding ortho intramolecular Hbond substituents is 1. The topological polar surface area (TPSA) is 65.0 Å². The number of halogens is 1. The molecule has 0 aliphatic rings. The molecule has 1 aromatic carbocycles. The molecule has 0 saturated carbocycles. The molecular formula is C17H23FO5. The molecule has 0 fully saturated rings. The maximum Gasteiger partial charge on any atom is 0.346 e. The number of carbonyl (C=O) groups is 1. The van der Waals surface area contributed by atoms with Gasteiger partial charge in [-0.25, -0.2) is 9.18 Å². The number of methoxy groups -OCH3 is 2. The Morgan fingerprint density at radius 3 is 2.65 bits per heavy atom. The molecule has 0 aliphatic heterocycles. The first-order chi connectivity index (χ1) is 11.1. The third-order valence-corrected chi connectivity index (χ3v) is 3.34. The van der Waals surface area contributed by atoms with Crippen LogP contribution in [0.15, 0.2) is 24.8 Å². The number of phenols is 1. The minimum absolute atomic E-state index is 0.108. The van der Waals surface area contributed by atoms with Crippen molar-refractivity contribution in [3.05, 3.63) is 30.4 Å². The summed E-state index contributed by atoms with van der Waals surface area (Å²) >= 11 is 0. The number of allylic oxidation sites excluding steroid dienone is 1. The number of aromatic hydroxyl groups is 1. The van der Waals surface area contributed by atoms with Gasteiger partial charge in [0, 0.05) is 12.1 Å². The van der Waals surface area contributed by atoms with Crippen LogP contribution >= 0.6 is 0 Å². The highest BCUT2D eigenvalue weighted by Crippen LogP contribution is 2.34. The van der Waals surface area contributed by atoms with E-state index in [1.54, 1.807) is 6.08 Å². The molecule has 1 unspecified atom stereocenters. The number of esters is 1. The summed E-state index contributed by atoms with van der Waals surface area (Å²) in [6.07, 6.45) is 3.76. The molecule has 0 spiro atoms. The first-order valence-corrected chi connectivity index (χ1v) is 7.40. The van der Waals surface area contributed by atoms with Gasteiger partial charge in [-0.15, -0.1) is 6.58 Å². The van der Waals surface area contributed by atoms with Crippen molar-refractivity contribution in [1.29, 1.82) is 0 Å². The second-order valence-corrected chi connectivity index (χ2v) is 4.98. The lowest BCUT2D eigenvalue weighted by Gasteiger charge is -2.17. The summed E-state index contributed by atoms with van der Waals surface area (Å²) in [5.41, 5.74) is -0.141. The van der Waals surface area contributed by atoms with E-state index in [0.29, 0.717) is 12.2 Å². The second-order valence-electron chi connectivity index (χ2n) is 4.98. The Hall–Kier alpha value is -2.24. The fourth-order valence-electron chi connectivity index (χ4n) is 2.10. The van der Waals surface area contributed by atoms with E-state index in [1.807, 2.05) is 0 Å². The molecule has 0 saturated heterocycles. The Morgan fingerprint density at radius 2 is 2.09 bits per heavy atom. The van der Waals surface area contributed by atoms with E-state index >= 15 is 0 Å². The number of unbranched alkanes of at least 4 members (excludes halogenated alkanes) is 2. The highest BCUT2D eigenvalue weighted by Gasteiger charge is 2.23. The van der Waals surface area contributed by atoms with Gasteiger partial charge in [-0.05, 0) is 25.7 Å². The second kappa shape index (κ2) is 9.71. The van der Waals surface area contributed by atoms with Crippen molar-refractivity contribution in [2.75, 3.05) is 20.9 Å². The summed E-state index contributed by atoms with van der Waals surface area (Å²) in [5.74, 6) is -0.720. The molecule has 5 nitrogen and oxygen atoms in total. The molecule has 0 amide bonds. The third kappa shape index (κ3) is 5.47. The fourth-order valence-corrected chi connectivity index (χ4v) is 2.10. The molecule has 0 aliphatic carbocycles. The summed E-state index contributed by atoms with van der Waals surface area (Å²) in [7, 11) is 2.78. The molecular weight excluding hydrogens is 303 g/mol. The minimum Gasteiger partial charge on any atom is -0.507 e. The predicted molar refractivity (Wildman–Crippen MR) is 85.1 cm³/mol. The lowest BCUT2D eigenvalue weighted by Crippen LogP contribution is -2.21. The summed E-state index contributed by atoms with van der Waals surface area (Å²) in [6, 6.07) is 2.72. The largest absolute Gasteiger partial charge is 0.507 e. The summed E-state index contributed by atoms with van der Waals surface area (Å²) < 4.78 is 28.2. The van der Waals surface area contributed by atoms with E-state index in [1.165, 1.54) is 26.4 Å². The summed E-state index contributed by atoms with van der Waals surface area (Å²) in [4.78, 5) is 12.2. The number of ether oxygens (including phenoxy) is 3. The van der Waals surface area contributed by atoms with Gasteiger partial charge in [-0.1, -0.05) is 6.08 Å². The van der Waals surface area contributed by atoms with Crippen molar-refractivity contribution in [2.45, 2.75) is 31.8 Å². The van der Waals surface area contributed by atoms with E-state index in [9.17, 15) is 14.3 Å². The third-order valence-electron chi connectivity index (χ3n) is 3.34. The van der Waals surface area contributed by atoms with Gasteiger partial charge in [-0.3, -0.25) is 0 Å². The Labute approximate surface area is 135 Å². The first-order valence-electron chi connectivity index (χ1n) is 7.40. The van der Waals surface area contributed by atoms with Crippen molar-refractivity contribution < 1.29 is 28.5 Å². The molecule has 1 N–H and O–H groups in total. The highest BCUT2D eigenvalue weighted by atomic mass is 19.1. The molecule has 0 aromatic heterocycles. The lowest BCUT2D eigenvalue weighted by molar-refractivity contribution is 0.0206. The Morgan fingerprint density at radius 1 is 1.35 bits per heavy atom. The molecule has 6 heteroatoms. The Balaban J connectivity index is 2.81. The molecule has 0 bridgehead atoms. The number of hydrogen-bond acceptors (Lipinski definition) is 5. The number of rotatable bonds is 10. The van der Waals surface area contributed by atoms with Gasteiger partial charge < -0.3 is 19.3 Å². The van der Waals surface area contributed by atoms with Gasteiger partial charge >= 0.3 is 5.97 Å². The van der Waals surface area contributed by atoms with Crippen LogP contribution in [0.1, 0.15) is 36.0 Å². The van der Waals surface area contributed by atoms with Crippen LogP contribution in [-0.2, 0) is 4.74 Å². The van der Waals surface area contributed by atoms with Crippen LogP contribution in [0.5, 0.6) is 17.2 Å². The van der Waals surface area contributed by atoms with Crippen molar-refractivity contribution in [2.24, 2.45) is 0 Å². The number of hydrogen-bond donors (Lipinski definition) is 1. The SMILES string of the molecule is C=CCCCCC(CF)OC(=O)c1c(O)cc(OC)cc1OC. The smallest absolute Gasteiger partial charge is 0.346 e. The van der Waals surface area contributed by atoms with Crippen molar-refractivity contribution in [3.8, 4) is 17.2 Å². The molecule has 1 aromatic rings. The van der Waals surface area contributed by atoms with E-state index in [4.69, 9.17) is 14.2 Å². The molecule has 23 heavy (non-hydrogen) atoms. The maximum absolute atomic E-state index is 13.0. The van der Waals surface area contributed by atoms with Crippen molar-refractivity contribution >= 4 is 5.97 Å². The van der Waals surface area contributed by atoms with E-state index in [0.717, 1.165) is 19.3 Å². The van der Waals surface area contributed by atoms with Gasteiger partial charge in [-0.2, -0.15) is 0 Å². The molecule has 0 radical (unpaired) electrons. The van der Waals surface area contributed by atoms with Gasteiger partial charge in [0.15, 0.2) is 0 Å². The monoisotopic (exact) mass is 326 g/mol. The zero-order chi connectivity index (χ0) is 17.2. The van der Waals surface area contributed by atoms with Crippen LogP contribution < -0.4 is 9.47 Å². The highest BCUT2D eigenvalue weighted by molar-refractivity contribution is 5.96. The number of carbonyl (C=O) groups excluding carboxylic acids is 1. The number of alkyl halides is 1. The quantitative estimate of drug-likeness (QED) is 0.404. The average Bonchev–Trinajstić information content (AvgIpc) is 2.56. The van der Waals surface area contributed by atoms with Crippen molar-refractivity contribution in [3.63, 3.8) is 0 Å². The lowest BCUT2D eigenvalue weighted by atomic mass is 10.1. The van der Waals surface area contributed by atoms with Gasteiger partial charge in [0.2, 0.25) is 0 Å². The summed E-state index contributed by atoms with van der Waals surface area (Å²) in [5, 5.41) is 9.97. The van der Waals surface area contributed by atoms with Crippen LogP contribution in [0.3, 0.4) is 0 Å². The molecule has 128 valence electrons. The van der Waals surface area contributed by atoms with Gasteiger partial charge in [0.1, 0.15) is 35.6 Å². The Bertz CT molecular complexity index is 530. The number of benzene rings is 1. The zero-order valence-corrected chi connectivity index (χ0v) is 13.5. The molecule has 1 rings (SSSR count). The van der Waals surface area contributed by atoms with Crippen LogP contribution in [-0.4, -0.2) is 38.1 Å². The molecule has 1 atom stereocenters. The van der Waals surface area contributed by atoms with Gasteiger partial charge in [0.25, 0.3) is 0 Å². The van der Waals surface area contributed by atoms with Gasteiger partial charge in [0.05, 0.1) is 14.2 Å². The van der Waals surface area contributed by atoms with E-state index in [2.05, 4.69) is 6.58 Å². The minimum atomic E-state index is -0.849. The zero-order valence-electron chi connectivity index (χ0n) is 13.5. The van der Waals surface area contributed by atoms with Crippen LogP contribution in [0.25, 0.3) is 0 Å². The van der Waals surface area contributed by atoms with Crippen LogP contribution in [0.4, 0.5) is 4.39 Å². The standard InChI is InChI=1S/C17H23FO5/c1-4-5-6-7-8-12(11-18)23-17(20)16-14(19)9-13(21-2)10-15(16)22-3/h4,9-10,12,19H,1,5-8,11H2,2-3H3. The van der Waals surface area contributed by atoms with E-state index in [-0.39, 0.29) is 17.1 Å². The summed E-state index contributed by atoms with van der Waals surface area (Å²) in [6.45, 7) is 2.84. The first kappa shape index (κ1) is 18.8. The normalized spacial score (nSPS) is 11.6. The van der Waals surface area contributed by atoms with Crippen LogP contribution in [0, 0.1) is 0 Å². The Kier molecular flexibility index (Phi) is 7.94. The van der Waals surface area contributed by atoms with Crippen molar-refractivity contribution in [1.82, 2.24) is 0 Å². The predicted octanol–water partition coefficient (Wildman–Crippen LogP) is 3.65. The molecule has 0 heterocycles. The average molecular weight is 326 g/mol. The maximum atomic E-state index is 13.0. The van der Waals surface area contributed by atoms with E-state index < -0.39 is 18.7 Å². The van der Waals surface area contributed by atoms with Crippen LogP contribution in [0.2, 0.25) is 0 Å². The fraction of sp³-hybridized carbons (Fsp3) is 0.471.